The average Bonchev–Trinajstić information content (AvgIpc) is 2.86. The van der Waals surface area contributed by atoms with E-state index in [-0.39, 0.29) is 0 Å². The number of thioether (sulfide) groups is 1. The minimum Gasteiger partial charge on any atom is -0.468 e. The number of aromatic nitrogens is 1. The largest absolute Gasteiger partial charge is 0.468 e. The third-order valence-electron chi connectivity index (χ3n) is 2.05. The van der Waals surface area contributed by atoms with Crippen LogP contribution < -0.4 is 5.73 Å². The predicted octanol–water partition coefficient (Wildman–Crippen LogP) is 1.05. The maximum absolute atomic E-state index is 11.4. The van der Waals surface area contributed by atoms with E-state index in [0.717, 1.165) is 5.69 Å². The molecule has 2 N–H and O–H groups in total. The number of esters is 2. The molecule has 106 valence electrons. The number of nitrogens with two attached hydrogens (primary N) is 1. The summed E-state index contributed by atoms with van der Waals surface area (Å²) in [5.41, 5.74) is 6.37. The molecule has 0 aliphatic carbocycles. The van der Waals surface area contributed by atoms with Gasteiger partial charge in [-0.2, -0.15) is 11.8 Å². The van der Waals surface area contributed by atoms with E-state index in [1.165, 1.54) is 30.2 Å². The van der Waals surface area contributed by atoms with Gasteiger partial charge in [0.1, 0.15) is 6.04 Å². The van der Waals surface area contributed by atoms with Gasteiger partial charge in [-0.25, -0.2) is 9.78 Å². The Balaban J connectivity index is 2.38. The summed E-state index contributed by atoms with van der Waals surface area (Å²) in [5, 5.41) is 2.14. The van der Waals surface area contributed by atoms with Gasteiger partial charge in [-0.3, -0.25) is 4.79 Å². The van der Waals surface area contributed by atoms with Crippen molar-refractivity contribution in [3.05, 3.63) is 16.1 Å². The van der Waals surface area contributed by atoms with Crippen LogP contribution in [-0.4, -0.2) is 42.4 Å². The molecule has 1 heterocycles. The second-order valence-electron chi connectivity index (χ2n) is 3.51. The van der Waals surface area contributed by atoms with Crippen molar-refractivity contribution in [3.8, 4) is 0 Å². The van der Waals surface area contributed by atoms with E-state index in [2.05, 4.69) is 9.72 Å². The van der Waals surface area contributed by atoms with Gasteiger partial charge in [0, 0.05) is 16.9 Å². The first-order valence-corrected chi connectivity index (χ1v) is 7.64. The Hall–Kier alpha value is -1.12. The molecular weight excluding hydrogens is 288 g/mol. The number of thiazole rings is 1. The summed E-state index contributed by atoms with van der Waals surface area (Å²) in [5.74, 6) is 0.188. The van der Waals surface area contributed by atoms with Crippen molar-refractivity contribution < 1.29 is 19.1 Å². The number of methoxy groups -OCH3 is 1. The number of hydrogen-bond donors (Lipinski definition) is 1. The van der Waals surface area contributed by atoms with Crippen molar-refractivity contribution in [2.24, 2.45) is 5.73 Å². The summed E-state index contributed by atoms with van der Waals surface area (Å²) in [6.07, 6.45) is 0. The van der Waals surface area contributed by atoms with Crippen LogP contribution in [0.25, 0.3) is 0 Å². The fourth-order valence-corrected chi connectivity index (χ4v) is 2.85. The van der Waals surface area contributed by atoms with Gasteiger partial charge in [-0.15, -0.1) is 11.3 Å². The molecule has 0 bridgehead atoms. The van der Waals surface area contributed by atoms with Crippen LogP contribution in [0.3, 0.4) is 0 Å². The van der Waals surface area contributed by atoms with Crippen molar-refractivity contribution in [2.75, 3.05) is 19.5 Å². The van der Waals surface area contributed by atoms with Gasteiger partial charge in [0.2, 0.25) is 5.01 Å². The van der Waals surface area contributed by atoms with E-state index >= 15 is 0 Å². The number of carbonyl (C=O) groups excluding carboxylic acids is 2. The molecule has 0 amide bonds. The average molecular weight is 304 g/mol. The standard InChI is InChI=1S/C11H16N2O4S2/c1-3-17-11(15)9-13-7(5-19-9)4-18-6-8(12)10(14)16-2/h5,8H,3-4,6,12H2,1-2H3. The molecule has 0 radical (unpaired) electrons. The Morgan fingerprint density at radius 3 is 2.95 bits per heavy atom. The lowest BCUT2D eigenvalue weighted by molar-refractivity contribution is -0.141. The summed E-state index contributed by atoms with van der Waals surface area (Å²) in [6.45, 7) is 2.08. The molecule has 1 aromatic rings. The summed E-state index contributed by atoms with van der Waals surface area (Å²) in [4.78, 5) is 26.6. The molecule has 1 rings (SSSR count). The number of carbonyl (C=O) groups is 2. The molecule has 1 aromatic heterocycles. The summed E-state index contributed by atoms with van der Waals surface area (Å²) < 4.78 is 9.38. The minimum absolute atomic E-state index is 0.330. The Morgan fingerprint density at radius 1 is 1.58 bits per heavy atom. The van der Waals surface area contributed by atoms with E-state index in [1.54, 1.807) is 12.3 Å². The van der Waals surface area contributed by atoms with Gasteiger partial charge in [0.15, 0.2) is 0 Å². The van der Waals surface area contributed by atoms with Crippen LogP contribution in [0.15, 0.2) is 5.38 Å². The monoisotopic (exact) mass is 304 g/mol. The fourth-order valence-electron chi connectivity index (χ4n) is 1.17. The van der Waals surface area contributed by atoms with Crippen LogP contribution in [0.2, 0.25) is 0 Å². The number of hydrogen-bond acceptors (Lipinski definition) is 8. The third kappa shape index (κ3) is 5.17. The molecule has 0 spiro atoms. The highest BCUT2D eigenvalue weighted by Gasteiger charge is 2.15. The van der Waals surface area contributed by atoms with Crippen molar-refractivity contribution in [3.63, 3.8) is 0 Å². The van der Waals surface area contributed by atoms with E-state index in [9.17, 15) is 9.59 Å². The summed E-state index contributed by atoms with van der Waals surface area (Å²) >= 11 is 2.71. The molecule has 0 saturated heterocycles. The van der Waals surface area contributed by atoms with Crippen molar-refractivity contribution in [1.82, 2.24) is 4.98 Å². The predicted molar refractivity (Wildman–Crippen MR) is 74.2 cm³/mol. The molecule has 19 heavy (non-hydrogen) atoms. The first-order chi connectivity index (χ1) is 9.08. The number of nitrogens with zero attached hydrogens (tertiary/aromatic N) is 1. The third-order valence-corrected chi connectivity index (χ3v) is 4.02. The summed E-state index contributed by atoms with van der Waals surface area (Å²) in [7, 11) is 1.30. The Kier molecular flexibility index (Phi) is 6.82. The van der Waals surface area contributed by atoms with Crippen LogP contribution in [0.4, 0.5) is 0 Å². The van der Waals surface area contributed by atoms with Gasteiger partial charge in [0.05, 0.1) is 19.4 Å². The van der Waals surface area contributed by atoms with E-state index in [1.807, 2.05) is 0 Å². The van der Waals surface area contributed by atoms with Gasteiger partial charge < -0.3 is 15.2 Å². The minimum atomic E-state index is -0.641. The van der Waals surface area contributed by atoms with Crippen LogP contribution in [0, 0.1) is 0 Å². The molecule has 6 nitrogen and oxygen atoms in total. The Morgan fingerprint density at radius 2 is 2.32 bits per heavy atom. The van der Waals surface area contributed by atoms with Crippen molar-refractivity contribution in [1.29, 1.82) is 0 Å². The smallest absolute Gasteiger partial charge is 0.367 e. The van der Waals surface area contributed by atoms with Crippen molar-refractivity contribution >= 4 is 35.0 Å². The van der Waals surface area contributed by atoms with Gasteiger partial charge in [-0.1, -0.05) is 0 Å². The van der Waals surface area contributed by atoms with Crippen LogP contribution in [0.5, 0.6) is 0 Å². The van der Waals surface area contributed by atoms with E-state index < -0.39 is 18.0 Å². The normalized spacial score (nSPS) is 11.9. The second-order valence-corrected chi connectivity index (χ2v) is 5.40. The van der Waals surface area contributed by atoms with Gasteiger partial charge >= 0.3 is 11.9 Å². The molecule has 1 atom stereocenters. The molecular formula is C11H16N2O4S2. The van der Waals surface area contributed by atoms with Gasteiger partial charge in [-0.05, 0) is 6.92 Å². The summed E-state index contributed by atoms with van der Waals surface area (Å²) in [6, 6.07) is -0.641. The lowest BCUT2D eigenvalue weighted by atomic mass is 10.4. The molecule has 0 fully saturated rings. The highest BCUT2D eigenvalue weighted by Crippen LogP contribution is 2.17. The highest BCUT2D eigenvalue weighted by molar-refractivity contribution is 7.98. The molecule has 0 saturated carbocycles. The lowest BCUT2D eigenvalue weighted by Gasteiger charge is -2.07. The van der Waals surface area contributed by atoms with Crippen LogP contribution in [-0.2, 0) is 20.0 Å². The first kappa shape index (κ1) is 15.9. The van der Waals surface area contributed by atoms with E-state index in [0.29, 0.717) is 23.1 Å². The van der Waals surface area contributed by atoms with Crippen LogP contribution >= 0.6 is 23.1 Å². The maximum Gasteiger partial charge on any atom is 0.367 e. The Labute approximate surface area is 119 Å². The maximum atomic E-state index is 11.4. The lowest BCUT2D eigenvalue weighted by Crippen LogP contribution is -2.33. The Bertz CT molecular complexity index is 436. The molecule has 8 heteroatoms. The first-order valence-electron chi connectivity index (χ1n) is 5.61. The number of ether oxygens (including phenoxy) is 2. The van der Waals surface area contributed by atoms with Gasteiger partial charge in [0.25, 0.3) is 0 Å². The zero-order valence-electron chi connectivity index (χ0n) is 10.8. The van der Waals surface area contributed by atoms with E-state index in [4.69, 9.17) is 10.5 Å². The fraction of sp³-hybridized carbons (Fsp3) is 0.545. The molecule has 1 unspecified atom stereocenters. The molecule has 0 aliphatic rings. The zero-order chi connectivity index (χ0) is 14.3. The molecule has 0 aliphatic heterocycles. The van der Waals surface area contributed by atoms with Crippen LogP contribution in [0.1, 0.15) is 22.4 Å². The molecule has 0 aromatic carbocycles. The topological polar surface area (TPSA) is 91.5 Å². The van der Waals surface area contributed by atoms with Crippen molar-refractivity contribution in [2.45, 2.75) is 18.7 Å². The highest BCUT2D eigenvalue weighted by atomic mass is 32.2. The number of rotatable bonds is 7. The zero-order valence-corrected chi connectivity index (χ0v) is 12.4. The second kappa shape index (κ2) is 8.13. The quantitative estimate of drug-likeness (QED) is 0.753. The SMILES string of the molecule is CCOC(=O)c1nc(CSCC(N)C(=O)OC)cs1.